The number of hydrogen-bond acceptors (Lipinski definition) is 3. The Bertz CT molecular complexity index is 989. The lowest BCUT2D eigenvalue weighted by atomic mass is 9.79. The molecular weight excluding hydrogens is 386 g/mol. The summed E-state index contributed by atoms with van der Waals surface area (Å²) in [6.07, 6.45) is 3.07. The van der Waals surface area contributed by atoms with Crippen molar-refractivity contribution < 1.29 is 14.6 Å². The van der Waals surface area contributed by atoms with Crippen molar-refractivity contribution >= 4 is 23.1 Å². The number of aliphatic hydroxyl groups is 1. The van der Waals surface area contributed by atoms with E-state index in [1.807, 2.05) is 50.2 Å². The maximum absolute atomic E-state index is 13.0. The van der Waals surface area contributed by atoms with Crippen LogP contribution in [0.25, 0.3) is 16.7 Å². The number of amides is 1. The topological polar surface area (TPSA) is 58.6 Å². The molecule has 1 aliphatic heterocycles. The van der Waals surface area contributed by atoms with Crippen LogP contribution in [0.2, 0.25) is 5.02 Å². The number of benzene rings is 2. The van der Waals surface area contributed by atoms with Crippen molar-refractivity contribution in [3.8, 4) is 11.1 Å². The van der Waals surface area contributed by atoms with Crippen LogP contribution in [0.5, 0.6) is 0 Å². The predicted molar refractivity (Wildman–Crippen MR) is 116 cm³/mol. The number of aryl methyl sites for hydroxylation is 2. The molecule has 2 aromatic rings. The molecule has 0 bridgehead atoms. The molecule has 2 aromatic carbocycles. The van der Waals surface area contributed by atoms with Crippen LogP contribution in [-0.4, -0.2) is 29.8 Å². The third-order valence-corrected chi connectivity index (χ3v) is 6.74. The van der Waals surface area contributed by atoms with Gasteiger partial charge in [-0.15, -0.1) is 0 Å². The van der Waals surface area contributed by atoms with E-state index in [4.69, 9.17) is 16.3 Å². The minimum atomic E-state index is -0.713. The Balaban J connectivity index is 1.85. The van der Waals surface area contributed by atoms with Crippen LogP contribution in [-0.2, 0) is 9.53 Å². The Morgan fingerprint density at radius 3 is 2.34 bits per heavy atom. The largest absolute Gasteiger partial charge is 0.509 e. The molecule has 1 spiro atoms. The van der Waals surface area contributed by atoms with Gasteiger partial charge in [-0.3, -0.25) is 4.79 Å². The maximum atomic E-state index is 13.0. The first-order valence-electron chi connectivity index (χ1n) is 10.0. The summed E-state index contributed by atoms with van der Waals surface area (Å²) in [7, 11) is 1.71. The third-order valence-electron chi connectivity index (χ3n) is 6.36. The molecule has 0 aromatic heterocycles. The average molecular weight is 412 g/mol. The highest BCUT2D eigenvalue weighted by atomic mass is 35.5. The summed E-state index contributed by atoms with van der Waals surface area (Å²) in [6, 6.07) is 11.9. The van der Waals surface area contributed by atoms with Crippen LogP contribution in [0.4, 0.5) is 0 Å². The number of hydrogen-bond donors (Lipinski definition) is 2. The van der Waals surface area contributed by atoms with Crippen LogP contribution in [0, 0.1) is 13.8 Å². The lowest BCUT2D eigenvalue weighted by Gasteiger charge is -2.36. The number of methoxy groups -OCH3 is 1. The fourth-order valence-corrected chi connectivity index (χ4v) is 5.31. The highest BCUT2D eigenvalue weighted by molar-refractivity contribution is 6.38. The quantitative estimate of drug-likeness (QED) is 0.715. The molecule has 1 saturated carbocycles. The van der Waals surface area contributed by atoms with Gasteiger partial charge in [-0.1, -0.05) is 48.0 Å². The van der Waals surface area contributed by atoms with Crippen LogP contribution in [0.15, 0.2) is 42.2 Å². The van der Waals surface area contributed by atoms with Crippen molar-refractivity contribution in [2.75, 3.05) is 7.11 Å². The van der Waals surface area contributed by atoms with Gasteiger partial charge in [0.25, 0.3) is 5.91 Å². The summed E-state index contributed by atoms with van der Waals surface area (Å²) in [6.45, 7) is 3.95. The van der Waals surface area contributed by atoms with Crippen LogP contribution >= 0.6 is 11.6 Å². The van der Waals surface area contributed by atoms with E-state index in [1.165, 1.54) is 0 Å². The Morgan fingerprint density at radius 2 is 1.72 bits per heavy atom. The van der Waals surface area contributed by atoms with E-state index in [9.17, 15) is 9.90 Å². The number of rotatable bonds is 3. The summed E-state index contributed by atoms with van der Waals surface area (Å²) in [5.41, 5.74) is 4.02. The summed E-state index contributed by atoms with van der Waals surface area (Å²) in [5.74, 6) is -0.142. The molecule has 4 nitrogen and oxygen atoms in total. The normalized spacial score (nSPS) is 24.3. The zero-order valence-electron chi connectivity index (χ0n) is 17.0. The smallest absolute Gasteiger partial charge is 0.256 e. The standard InChI is InChI=1S/C24H26ClNO3/c1-14-13-15(2)19(21(25)18(14)16-7-5-4-6-8-16)20-22(27)24(26-23(20)28)11-9-17(29-3)10-12-24/h4-8,13,17,27H,9-12H2,1-3H3,(H,26,28). The monoisotopic (exact) mass is 411 g/mol. The highest BCUT2D eigenvalue weighted by Gasteiger charge is 2.48. The molecule has 1 heterocycles. The van der Waals surface area contributed by atoms with E-state index >= 15 is 0 Å². The zero-order valence-corrected chi connectivity index (χ0v) is 17.8. The van der Waals surface area contributed by atoms with Crippen molar-refractivity contribution in [2.24, 2.45) is 0 Å². The van der Waals surface area contributed by atoms with Gasteiger partial charge in [0.05, 0.1) is 22.2 Å². The van der Waals surface area contributed by atoms with E-state index in [0.717, 1.165) is 35.1 Å². The van der Waals surface area contributed by atoms with Gasteiger partial charge in [0.1, 0.15) is 5.76 Å². The van der Waals surface area contributed by atoms with E-state index < -0.39 is 5.54 Å². The molecule has 1 amide bonds. The second-order valence-corrected chi connectivity index (χ2v) is 8.51. The van der Waals surface area contributed by atoms with Gasteiger partial charge in [0.15, 0.2) is 0 Å². The second-order valence-electron chi connectivity index (χ2n) is 8.14. The molecule has 152 valence electrons. The van der Waals surface area contributed by atoms with Crippen molar-refractivity contribution in [2.45, 2.75) is 51.2 Å². The molecule has 5 heteroatoms. The molecular formula is C24H26ClNO3. The molecule has 2 aliphatic rings. The predicted octanol–water partition coefficient (Wildman–Crippen LogP) is 5.35. The lowest BCUT2D eigenvalue weighted by molar-refractivity contribution is -0.116. The fraction of sp³-hybridized carbons (Fsp3) is 0.375. The van der Waals surface area contributed by atoms with Crippen molar-refractivity contribution in [3.63, 3.8) is 0 Å². The maximum Gasteiger partial charge on any atom is 0.256 e. The molecule has 1 fully saturated rings. The number of aliphatic hydroxyl groups excluding tert-OH is 1. The minimum absolute atomic E-state index is 0.116. The summed E-state index contributed by atoms with van der Waals surface area (Å²) in [4.78, 5) is 13.0. The molecule has 0 unspecified atom stereocenters. The Labute approximate surface area is 176 Å². The number of halogens is 1. The van der Waals surface area contributed by atoms with Crippen LogP contribution in [0.3, 0.4) is 0 Å². The molecule has 29 heavy (non-hydrogen) atoms. The molecule has 4 rings (SSSR count). The first-order chi connectivity index (χ1) is 13.9. The first-order valence-corrected chi connectivity index (χ1v) is 10.4. The van der Waals surface area contributed by atoms with Gasteiger partial charge in [-0.2, -0.15) is 0 Å². The number of ether oxygens (including phenoxy) is 1. The van der Waals surface area contributed by atoms with Gasteiger partial charge in [0, 0.05) is 18.2 Å². The van der Waals surface area contributed by atoms with Gasteiger partial charge in [-0.25, -0.2) is 0 Å². The third kappa shape index (κ3) is 3.24. The molecule has 1 aliphatic carbocycles. The van der Waals surface area contributed by atoms with E-state index in [1.54, 1.807) is 7.11 Å². The molecule has 2 N–H and O–H groups in total. The average Bonchev–Trinajstić information content (AvgIpc) is 2.93. The summed E-state index contributed by atoms with van der Waals surface area (Å²) < 4.78 is 5.45. The van der Waals surface area contributed by atoms with Crippen molar-refractivity contribution in [3.05, 3.63) is 63.9 Å². The van der Waals surface area contributed by atoms with Gasteiger partial charge >= 0.3 is 0 Å². The fourth-order valence-electron chi connectivity index (χ4n) is 4.81. The molecule has 0 radical (unpaired) electrons. The Morgan fingerprint density at radius 1 is 1.10 bits per heavy atom. The first kappa shape index (κ1) is 20.0. The Kier molecular flexibility index (Phi) is 5.18. The summed E-state index contributed by atoms with van der Waals surface area (Å²) >= 11 is 6.89. The molecule has 0 saturated heterocycles. The SMILES string of the molecule is COC1CCC2(CC1)NC(=O)C(c1c(C)cc(C)c(-c3ccccc3)c1Cl)=C2O. The second kappa shape index (κ2) is 7.51. The molecule has 0 atom stereocenters. The van der Waals surface area contributed by atoms with Crippen LogP contribution in [0.1, 0.15) is 42.4 Å². The Hall–Kier alpha value is -2.30. The van der Waals surface area contributed by atoms with Gasteiger partial charge in [-0.05, 0) is 56.2 Å². The zero-order chi connectivity index (χ0) is 20.8. The van der Waals surface area contributed by atoms with Crippen LogP contribution < -0.4 is 5.32 Å². The lowest BCUT2D eigenvalue weighted by Crippen LogP contribution is -2.48. The number of carbonyl (C=O) groups is 1. The van der Waals surface area contributed by atoms with E-state index in [2.05, 4.69) is 5.32 Å². The van der Waals surface area contributed by atoms with Crippen molar-refractivity contribution in [1.82, 2.24) is 5.32 Å². The number of nitrogens with one attached hydrogen (secondary N) is 1. The van der Waals surface area contributed by atoms with Crippen molar-refractivity contribution in [1.29, 1.82) is 0 Å². The minimum Gasteiger partial charge on any atom is -0.509 e. The van der Waals surface area contributed by atoms with Gasteiger partial charge in [0.2, 0.25) is 0 Å². The van der Waals surface area contributed by atoms with E-state index in [-0.39, 0.29) is 17.8 Å². The van der Waals surface area contributed by atoms with Gasteiger partial charge < -0.3 is 15.2 Å². The van der Waals surface area contributed by atoms with E-state index in [0.29, 0.717) is 29.0 Å². The number of carbonyl (C=O) groups excluding carboxylic acids is 1. The highest BCUT2D eigenvalue weighted by Crippen LogP contribution is 2.46. The summed E-state index contributed by atoms with van der Waals surface area (Å²) in [5, 5.41) is 14.8.